The van der Waals surface area contributed by atoms with Crippen LogP contribution in [-0.2, 0) is 4.74 Å². The van der Waals surface area contributed by atoms with Gasteiger partial charge in [0.1, 0.15) is 12.3 Å². The van der Waals surface area contributed by atoms with Gasteiger partial charge in [0.15, 0.2) is 11.2 Å². The van der Waals surface area contributed by atoms with E-state index >= 15 is 0 Å². The van der Waals surface area contributed by atoms with Crippen LogP contribution in [0.25, 0.3) is 11.2 Å². The van der Waals surface area contributed by atoms with Gasteiger partial charge in [0.25, 0.3) is 5.56 Å². The van der Waals surface area contributed by atoms with Crippen LogP contribution in [0.4, 0.5) is 5.95 Å². The Labute approximate surface area is 212 Å². The lowest BCUT2D eigenvalue weighted by Crippen LogP contribution is -2.30. The average Bonchev–Trinajstić information content (AvgIpc) is 3.45. The Morgan fingerprint density at radius 1 is 1.06 bits per heavy atom. The summed E-state index contributed by atoms with van der Waals surface area (Å²) in [5.74, 6) is -0.566. The molecule has 0 bridgehead atoms. The number of unbranched alkanes of at least 4 members (excludes halogenated alkanes) is 12. The first-order valence-electron chi connectivity index (χ1n) is 13.7. The summed E-state index contributed by atoms with van der Waals surface area (Å²) in [6.07, 6.45) is 15.4. The van der Waals surface area contributed by atoms with Crippen molar-refractivity contribution in [3.8, 4) is 0 Å². The molecular weight excluding hydrogens is 462 g/mol. The van der Waals surface area contributed by atoms with E-state index in [9.17, 15) is 19.8 Å². The number of nitrogens with zero attached hydrogens (tertiary/aromatic N) is 4. The minimum absolute atomic E-state index is 0.0217. The zero-order chi connectivity index (χ0) is 25.9. The monoisotopic (exact) mass is 505 g/mol. The van der Waals surface area contributed by atoms with Crippen molar-refractivity contribution in [1.29, 1.82) is 0 Å². The highest BCUT2D eigenvalue weighted by Gasteiger charge is 2.35. The SMILES string of the molecule is CCCCCCCCCCCCCCCC(=O)n1c(N)nc2c(ncn2[C@H]2C[C@H](O)[C@@H](CO)O2)c1=O. The van der Waals surface area contributed by atoms with Crippen molar-refractivity contribution in [2.24, 2.45) is 0 Å². The van der Waals surface area contributed by atoms with E-state index in [1.807, 2.05) is 0 Å². The second kappa shape index (κ2) is 14.4. The summed E-state index contributed by atoms with van der Waals surface area (Å²) >= 11 is 0. The van der Waals surface area contributed by atoms with Crippen LogP contribution in [0.3, 0.4) is 0 Å². The lowest BCUT2D eigenvalue weighted by molar-refractivity contribution is -0.0432. The van der Waals surface area contributed by atoms with Gasteiger partial charge in [-0.1, -0.05) is 84.0 Å². The van der Waals surface area contributed by atoms with Crippen molar-refractivity contribution >= 4 is 23.0 Å². The maximum atomic E-state index is 13.0. The van der Waals surface area contributed by atoms with Gasteiger partial charge >= 0.3 is 0 Å². The molecule has 36 heavy (non-hydrogen) atoms. The smallest absolute Gasteiger partial charge is 0.289 e. The van der Waals surface area contributed by atoms with Crippen LogP contribution in [0, 0.1) is 0 Å². The first-order chi connectivity index (χ1) is 17.5. The van der Waals surface area contributed by atoms with E-state index in [0.29, 0.717) is 6.42 Å². The lowest BCUT2D eigenvalue weighted by Gasteiger charge is -2.14. The number of ether oxygens (including phenoxy) is 1. The molecule has 0 saturated carbocycles. The second-order valence-electron chi connectivity index (χ2n) is 9.94. The molecule has 2 aromatic heterocycles. The normalized spacial score (nSPS) is 19.9. The van der Waals surface area contributed by atoms with Crippen molar-refractivity contribution in [2.45, 2.75) is 122 Å². The molecule has 3 heterocycles. The first-order valence-corrected chi connectivity index (χ1v) is 13.7. The number of nitrogen functional groups attached to an aromatic ring is 1. The maximum Gasteiger partial charge on any atom is 0.289 e. The van der Waals surface area contributed by atoms with Crippen LogP contribution < -0.4 is 11.3 Å². The third kappa shape index (κ3) is 7.36. The Bertz CT molecular complexity index is 1020. The topological polar surface area (TPSA) is 145 Å². The molecule has 10 heteroatoms. The molecule has 3 rings (SSSR count). The fraction of sp³-hybridized carbons (Fsp3) is 0.769. The summed E-state index contributed by atoms with van der Waals surface area (Å²) < 4.78 is 8.04. The van der Waals surface area contributed by atoms with E-state index in [1.54, 1.807) is 0 Å². The zero-order valence-corrected chi connectivity index (χ0v) is 21.6. The van der Waals surface area contributed by atoms with Gasteiger partial charge in [-0.25, -0.2) is 9.55 Å². The molecular formula is C26H43N5O5. The summed E-state index contributed by atoms with van der Waals surface area (Å²) in [6, 6.07) is 0. The number of nitrogens with two attached hydrogens (primary N) is 1. The van der Waals surface area contributed by atoms with E-state index in [2.05, 4.69) is 16.9 Å². The van der Waals surface area contributed by atoms with E-state index in [-0.39, 0.29) is 42.5 Å². The van der Waals surface area contributed by atoms with Crippen LogP contribution in [0.2, 0.25) is 0 Å². The first kappa shape index (κ1) is 28.3. The van der Waals surface area contributed by atoms with Crippen molar-refractivity contribution in [1.82, 2.24) is 19.1 Å². The Kier molecular flexibility index (Phi) is 11.3. The molecule has 1 aliphatic heterocycles. The van der Waals surface area contributed by atoms with E-state index in [1.165, 1.54) is 75.1 Å². The quantitative estimate of drug-likeness (QED) is 0.291. The molecule has 0 unspecified atom stereocenters. The van der Waals surface area contributed by atoms with Crippen molar-refractivity contribution in [3.63, 3.8) is 0 Å². The highest BCUT2D eigenvalue weighted by molar-refractivity contribution is 5.84. The van der Waals surface area contributed by atoms with Gasteiger partial charge in [-0.3, -0.25) is 14.2 Å². The fourth-order valence-corrected chi connectivity index (χ4v) is 4.89. The summed E-state index contributed by atoms with van der Waals surface area (Å²) in [4.78, 5) is 34.1. The molecule has 4 N–H and O–H groups in total. The molecule has 10 nitrogen and oxygen atoms in total. The van der Waals surface area contributed by atoms with Crippen molar-refractivity contribution < 1.29 is 19.7 Å². The standard InChI is InChI=1S/C26H43N5O5/c1-2-3-4-5-6-7-8-9-10-11-12-13-14-15-21(34)31-25(35)23-24(29-26(31)27)30(18-28-23)22-16-19(33)20(17-32)36-22/h18-20,22,32-33H,2-17H2,1H3,(H2,27,29)/t19-,20+,22+/m0/s1. The summed E-state index contributed by atoms with van der Waals surface area (Å²) in [5.41, 5.74) is 5.61. The molecule has 0 aromatic carbocycles. The highest BCUT2D eigenvalue weighted by atomic mass is 16.5. The van der Waals surface area contributed by atoms with Gasteiger partial charge in [0, 0.05) is 12.8 Å². The number of hydrogen-bond donors (Lipinski definition) is 3. The third-order valence-electron chi connectivity index (χ3n) is 7.06. The highest BCUT2D eigenvalue weighted by Crippen LogP contribution is 2.30. The van der Waals surface area contributed by atoms with Gasteiger partial charge in [-0.2, -0.15) is 4.98 Å². The van der Waals surface area contributed by atoms with Crippen molar-refractivity contribution in [2.75, 3.05) is 12.3 Å². The van der Waals surface area contributed by atoms with Gasteiger partial charge in [-0.15, -0.1) is 0 Å². The number of aromatic nitrogens is 4. The maximum absolute atomic E-state index is 13.0. The molecule has 3 atom stereocenters. The molecule has 2 aromatic rings. The average molecular weight is 506 g/mol. The van der Waals surface area contributed by atoms with Gasteiger partial charge in [0.2, 0.25) is 11.9 Å². The molecule has 0 amide bonds. The molecule has 0 spiro atoms. The van der Waals surface area contributed by atoms with E-state index in [0.717, 1.165) is 17.4 Å². The number of hydrogen-bond acceptors (Lipinski definition) is 8. The zero-order valence-electron chi connectivity index (χ0n) is 21.6. The molecule has 1 fully saturated rings. The Morgan fingerprint density at radius 2 is 1.64 bits per heavy atom. The number of anilines is 1. The summed E-state index contributed by atoms with van der Waals surface area (Å²) in [7, 11) is 0. The van der Waals surface area contributed by atoms with Crippen molar-refractivity contribution in [3.05, 3.63) is 16.7 Å². The molecule has 1 aliphatic rings. The van der Waals surface area contributed by atoms with Crippen LogP contribution in [-0.4, -0.2) is 54.0 Å². The number of carbonyl (C=O) groups excluding carboxylic acids is 1. The summed E-state index contributed by atoms with van der Waals surface area (Å²) in [6.45, 7) is 1.92. The van der Waals surface area contributed by atoms with Crippen LogP contribution in [0.15, 0.2) is 11.1 Å². The number of aliphatic hydroxyl groups excluding tert-OH is 2. The number of imidazole rings is 1. The Morgan fingerprint density at radius 3 is 2.19 bits per heavy atom. The van der Waals surface area contributed by atoms with Gasteiger partial charge in [0.05, 0.1) is 19.0 Å². The Balaban J connectivity index is 1.42. The fourth-order valence-electron chi connectivity index (χ4n) is 4.89. The minimum atomic E-state index is -0.836. The van der Waals surface area contributed by atoms with Gasteiger partial charge < -0.3 is 20.7 Å². The molecule has 0 radical (unpaired) electrons. The minimum Gasteiger partial charge on any atom is -0.394 e. The van der Waals surface area contributed by atoms with Crippen LogP contribution in [0.5, 0.6) is 0 Å². The predicted molar refractivity (Wildman–Crippen MR) is 139 cm³/mol. The second-order valence-corrected chi connectivity index (χ2v) is 9.94. The number of aliphatic hydroxyl groups is 2. The lowest BCUT2D eigenvalue weighted by atomic mass is 10.0. The van der Waals surface area contributed by atoms with Gasteiger partial charge in [-0.05, 0) is 6.42 Å². The molecule has 1 saturated heterocycles. The largest absolute Gasteiger partial charge is 0.394 e. The number of rotatable bonds is 16. The number of carbonyl (C=O) groups is 1. The molecule has 0 aliphatic carbocycles. The van der Waals surface area contributed by atoms with Crippen LogP contribution >= 0.6 is 0 Å². The molecule has 202 valence electrons. The van der Waals surface area contributed by atoms with E-state index < -0.39 is 24.0 Å². The van der Waals surface area contributed by atoms with E-state index in [4.69, 9.17) is 10.5 Å². The Hall–Kier alpha value is -2.30. The van der Waals surface area contributed by atoms with Crippen LogP contribution in [0.1, 0.15) is 114 Å². The number of fused-ring (bicyclic) bond motifs is 1. The summed E-state index contributed by atoms with van der Waals surface area (Å²) in [5, 5.41) is 19.3. The predicted octanol–water partition coefficient (Wildman–Crippen LogP) is 3.94. The third-order valence-corrected chi connectivity index (χ3v) is 7.06.